The molecule has 0 amide bonds. The molecule has 0 bridgehead atoms. The molecule has 0 fully saturated rings. The number of fused-ring (bicyclic) bond motifs is 1. The number of esters is 1. The van der Waals surface area contributed by atoms with E-state index in [0.29, 0.717) is 27.7 Å². The Kier molecular flexibility index (Phi) is 8.44. The van der Waals surface area contributed by atoms with Crippen molar-refractivity contribution in [2.75, 3.05) is 5.32 Å². The molecule has 2 aromatic heterocycles. The molecule has 0 aliphatic carbocycles. The third-order valence-electron chi connectivity index (χ3n) is 6.05. The molecule has 0 aliphatic heterocycles. The third kappa shape index (κ3) is 6.15. The first kappa shape index (κ1) is 25.5. The van der Waals surface area contributed by atoms with Crippen LogP contribution in [0.3, 0.4) is 0 Å². The number of unbranched alkanes of at least 4 members (excludes halogenated alkanes) is 2. The molecule has 2 aromatic carbocycles. The minimum absolute atomic E-state index is 0.106. The van der Waals surface area contributed by atoms with Gasteiger partial charge in [0.2, 0.25) is 0 Å². The molecule has 0 aliphatic rings. The largest absolute Gasteiger partial charge is 0.426 e. The summed E-state index contributed by atoms with van der Waals surface area (Å²) in [7, 11) is 0. The van der Waals surface area contributed by atoms with E-state index in [4.69, 9.17) is 16.3 Å². The van der Waals surface area contributed by atoms with Gasteiger partial charge in [0, 0.05) is 33.9 Å². The molecule has 36 heavy (non-hydrogen) atoms. The highest BCUT2D eigenvalue weighted by molar-refractivity contribution is 6.30. The number of aromatic nitrogens is 3. The number of anilines is 2. The first-order valence-corrected chi connectivity index (χ1v) is 12.5. The summed E-state index contributed by atoms with van der Waals surface area (Å²) in [5.41, 5.74) is 2.70. The molecular weight excluding hydrogens is 479 g/mol. The minimum Gasteiger partial charge on any atom is -0.426 e. The Morgan fingerprint density at radius 3 is 2.78 bits per heavy atom. The third-order valence-corrected chi connectivity index (χ3v) is 6.29. The lowest BCUT2D eigenvalue weighted by molar-refractivity contribution is -0.139. The topological polar surface area (TPSA) is 77.0 Å². The summed E-state index contributed by atoms with van der Waals surface area (Å²) in [6.07, 6.45) is 8.07. The first-order valence-electron chi connectivity index (χ1n) is 12.1. The molecule has 1 N–H and O–H groups in total. The van der Waals surface area contributed by atoms with E-state index in [2.05, 4.69) is 27.4 Å². The molecule has 186 valence electrons. The minimum atomic E-state index is -0.432. The SMILES string of the molecule is CCCCCC(CC)C(=O)Oc1ccc2c(Nc3cnnc(-c4cc(Cl)ccc4F)c3)ccnc2c1. The van der Waals surface area contributed by atoms with E-state index in [9.17, 15) is 9.18 Å². The Morgan fingerprint density at radius 2 is 1.97 bits per heavy atom. The van der Waals surface area contributed by atoms with E-state index in [1.165, 1.54) is 18.2 Å². The number of hydrogen-bond acceptors (Lipinski definition) is 6. The predicted octanol–water partition coefficient (Wildman–Crippen LogP) is 7.74. The van der Waals surface area contributed by atoms with E-state index in [0.717, 1.165) is 43.2 Å². The highest BCUT2D eigenvalue weighted by Crippen LogP contribution is 2.30. The molecule has 4 aromatic rings. The van der Waals surface area contributed by atoms with Crippen molar-refractivity contribution in [3.05, 3.63) is 71.8 Å². The normalized spacial score (nSPS) is 11.9. The van der Waals surface area contributed by atoms with Gasteiger partial charge in [0.25, 0.3) is 0 Å². The number of carbonyl (C=O) groups excluding carboxylic acids is 1. The van der Waals surface area contributed by atoms with Crippen molar-refractivity contribution in [3.63, 3.8) is 0 Å². The van der Waals surface area contributed by atoms with Crippen LogP contribution in [-0.4, -0.2) is 21.2 Å². The Balaban J connectivity index is 1.53. The second-order valence-electron chi connectivity index (χ2n) is 8.64. The first-order chi connectivity index (χ1) is 17.5. The van der Waals surface area contributed by atoms with Crippen LogP contribution in [0.2, 0.25) is 5.02 Å². The highest BCUT2D eigenvalue weighted by atomic mass is 35.5. The molecule has 0 radical (unpaired) electrons. The molecule has 2 heterocycles. The predicted molar refractivity (Wildman–Crippen MR) is 141 cm³/mol. The zero-order chi connectivity index (χ0) is 25.5. The Morgan fingerprint density at radius 1 is 1.11 bits per heavy atom. The summed E-state index contributed by atoms with van der Waals surface area (Å²) >= 11 is 6.03. The van der Waals surface area contributed by atoms with Crippen molar-refractivity contribution >= 4 is 39.8 Å². The van der Waals surface area contributed by atoms with Crippen LogP contribution >= 0.6 is 11.6 Å². The fourth-order valence-corrected chi connectivity index (χ4v) is 4.22. The van der Waals surface area contributed by atoms with Crippen LogP contribution in [0, 0.1) is 11.7 Å². The van der Waals surface area contributed by atoms with Gasteiger partial charge in [-0.05, 0) is 55.3 Å². The molecule has 1 unspecified atom stereocenters. The van der Waals surface area contributed by atoms with Gasteiger partial charge < -0.3 is 10.1 Å². The average Bonchev–Trinajstić information content (AvgIpc) is 2.88. The number of nitrogens with one attached hydrogen (secondary N) is 1. The fourth-order valence-electron chi connectivity index (χ4n) is 4.05. The van der Waals surface area contributed by atoms with E-state index in [1.54, 1.807) is 30.6 Å². The van der Waals surface area contributed by atoms with Gasteiger partial charge in [0.1, 0.15) is 11.6 Å². The molecule has 8 heteroatoms. The van der Waals surface area contributed by atoms with Gasteiger partial charge in [-0.3, -0.25) is 9.78 Å². The Labute approximate surface area is 214 Å². The Hall–Kier alpha value is -3.58. The van der Waals surface area contributed by atoms with Gasteiger partial charge in [-0.25, -0.2) is 4.39 Å². The maximum atomic E-state index is 14.3. The quantitative estimate of drug-likeness (QED) is 0.135. The van der Waals surface area contributed by atoms with Crippen molar-refractivity contribution in [3.8, 4) is 17.0 Å². The monoisotopic (exact) mass is 506 g/mol. The van der Waals surface area contributed by atoms with E-state index < -0.39 is 5.82 Å². The summed E-state index contributed by atoms with van der Waals surface area (Å²) in [5.74, 6) is -0.273. The average molecular weight is 507 g/mol. The highest BCUT2D eigenvalue weighted by Gasteiger charge is 2.19. The number of hydrogen-bond donors (Lipinski definition) is 1. The Bertz CT molecular complexity index is 1360. The van der Waals surface area contributed by atoms with Crippen LogP contribution in [0.25, 0.3) is 22.2 Å². The second kappa shape index (κ2) is 11.9. The molecule has 4 rings (SSSR count). The van der Waals surface area contributed by atoms with E-state index in [-0.39, 0.29) is 17.5 Å². The molecule has 0 spiro atoms. The number of rotatable bonds is 10. The summed E-state index contributed by atoms with van der Waals surface area (Å²) in [6.45, 7) is 4.16. The van der Waals surface area contributed by atoms with Crippen LogP contribution in [-0.2, 0) is 4.79 Å². The van der Waals surface area contributed by atoms with Gasteiger partial charge in [-0.15, -0.1) is 0 Å². The molecule has 1 atom stereocenters. The van der Waals surface area contributed by atoms with Crippen LogP contribution in [0.15, 0.2) is 60.9 Å². The fraction of sp³-hybridized carbons (Fsp3) is 0.286. The molecule has 0 saturated heterocycles. The molecule has 6 nitrogen and oxygen atoms in total. The van der Waals surface area contributed by atoms with Crippen LogP contribution in [0.5, 0.6) is 5.75 Å². The lowest BCUT2D eigenvalue weighted by Gasteiger charge is -2.14. The molecular formula is C28H28ClFN4O2. The number of halogens is 2. The van der Waals surface area contributed by atoms with Crippen molar-refractivity contribution in [2.45, 2.75) is 46.0 Å². The molecule has 0 saturated carbocycles. The van der Waals surface area contributed by atoms with Crippen molar-refractivity contribution in [1.29, 1.82) is 0 Å². The number of carbonyl (C=O) groups is 1. The van der Waals surface area contributed by atoms with Gasteiger partial charge in [-0.2, -0.15) is 10.2 Å². The zero-order valence-electron chi connectivity index (χ0n) is 20.3. The van der Waals surface area contributed by atoms with Crippen LogP contribution < -0.4 is 10.1 Å². The van der Waals surface area contributed by atoms with Crippen molar-refractivity contribution in [2.24, 2.45) is 5.92 Å². The lowest BCUT2D eigenvalue weighted by atomic mass is 9.99. The maximum absolute atomic E-state index is 14.3. The standard InChI is InChI=1S/C28H28ClFN4O2/c1-3-5-6-7-18(4-2)28(35)36-21-9-10-22-25(12-13-31-26(22)16-21)33-20-15-27(34-32-17-20)23-14-19(29)8-11-24(23)30/h8-18H,3-7H2,1-2H3,(H,31,33,34). The summed E-state index contributed by atoms with van der Waals surface area (Å²) < 4.78 is 20.0. The van der Waals surface area contributed by atoms with Gasteiger partial charge in [-0.1, -0.05) is 44.7 Å². The lowest BCUT2D eigenvalue weighted by Crippen LogP contribution is -2.20. The van der Waals surface area contributed by atoms with Gasteiger partial charge in [0.05, 0.1) is 29.0 Å². The van der Waals surface area contributed by atoms with Gasteiger partial charge in [0.15, 0.2) is 0 Å². The van der Waals surface area contributed by atoms with E-state index >= 15 is 0 Å². The summed E-state index contributed by atoms with van der Waals surface area (Å²) in [5, 5.41) is 12.6. The van der Waals surface area contributed by atoms with Crippen LogP contribution in [0.4, 0.5) is 15.8 Å². The van der Waals surface area contributed by atoms with Crippen molar-refractivity contribution in [1.82, 2.24) is 15.2 Å². The number of benzene rings is 2. The summed E-state index contributed by atoms with van der Waals surface area (Å²) in [6, 6.07) is 13.2. The zero-order valence-corrected chi connectivity index (χ0v) is 21.1. The van der Waals surface area contributed by atoms with E-state index in [1.807, 2.05) is 19.1 Å². The van der Waals surface area contributed by atoms with Crippen LogP contribution in [0.1, 0.15) is 46.0 Å². The number of ether oxygens (including phenoxy) is 1. The number of pyridine rings is 1. The second-order valence-corrected chi connectivity index (χ2v) is 9.07. The van der Waals surface area contributed by atoms with Crippen molar-refractivity contribution < 1.29 is 13.9 Å². The summed E-state index contributed by atoms with van der Waals surface area (Å²) in [4.78, 5) is 17.1. The van der Waals surface area contributed by atoms with Gasteiger partial charge >= 0.3 is 5.97 Å². The maximum Gasteiger partial charge on any atom is 0.314 e. The number of nitrogens with zero attached hydrogens (tertiary/aromatic N) is 3. The smallest absolute Gasteiger partial charge is 0.314 e.